The maximum Gasteiger partial charge on any atom is 0.531 e. The summed E-state index contributed by atoms with van der Waals surface area (Å²) < 4.78 is 9.33. The van der Waals surface area contributed by atoms with E-state index < -0.39 is 0 Å². The van der Waals surface area contributed by atoms with Crippen molar-refractivity contribution in [3.05, 3.63) is 0 Å². The van der Waals surface area contributed by atoms with Crippen molar-refractivity contribution in [2.75, 3.05) is 14.2 Å². The monoisotopic (exact) mass is 200 g/mol. The predicted octanol–water partition coefficient (Wildman–Crippen LogP) is 0.699. The van der Waals surface area contributed by atoms with Crippen LogP contribution in [0, 0.1) is 0 Å². The fourth-order valence-electron chi connectivity index (χ4n) is 0.0962. The van der Waals surface area contributed by atoms with Crippen LogP contribution in [0.15, 0.2) is 0 Å². The summed E-state index contributed by atoms with van der Waals surface area (Å²) in [4.78, 5) is -0.0948. The van der Waals surface area contributed by atoms with E-state index in [1.54, 1.807) is 14.2 Å². The Morgan fingerprint density at radius 1 is 1.33 bits per heavy atom. The minimum absolute atomic E-state index is 0.0948. The van der Waals surface area contributed by atoms with Gasteiger partial charge in [-0.2, -0.15) is 0 Å². The van der Waals surface area contributed by atoms with Crippen LogP contribution in [0.4, 0.5) is 0 Å². The molecule has 0 aromatic carbocycles. The third-order valence-electron chi connectivity index (χ3n) is 0.371. The fraction of sp³-hybridized carbons (Fsp3) is 1.00. The maximum absolute atomic E-state index is 4.66. The SMILES string of the molecule is COB(I)OC. The molecule has 0 bridgehead atoms. The second-order valence-corrected chi connectivity index (χ2v) is 1.76. The summed E-state index contributed by atoms with van der Waals surface area (Å²) >= 11 is 2.03. The summed E-state index contributed by atoms with van der Waals surface area (Å²) in [6.07, 6.45) is 0. The number of hydrogen-bond acceptors (Lipinski definition) is 2. The summed E-state index contributed by atoms with van der Waals surface area (Å²) in [6.45, 7) is 0. The molecule has 0 aromatic rings. The first kappa shape index (κ1) is 6.71. The number of hydrogen-bond donors (Lipinski definition) is 0. The first-order valence-electron chi connectivity index (χ1n) is 1.51. The molecule has 0 spiro atoms. The van der Waals surface area contributed by atoms with E-state index in [0.717, 1.165) is 0 Å². The summed E-state index contributed by atoms with van der Waals surface area (Å²) in [7, 11) is 3.20. The molecule has 0 radical (unpaired) electrons. The van der Waals surface area contributed by atoms with Crippen LogP contribution in [-0.4, -0.2) is 19.2 Å². The summed E-state index contributed by atoms with van der Waals surface area (Å²) in [5, 5.41) is 0. The van der Waals surface area contributed by atoms with Gasteiger partial charge in [0.2, 0.25) is 0 Å². The van der Waals surface area contributed by atoms with Gasteiger partial charge in [0.05, 0.1) is 0 Å². The first-order valence-corrected chi connectivity index (χ1v) is 2.75. The summed E-state index contributed by atoms with van der Waals surface area (Å²) in [5.74, 6) is 0. The molecule has 0 saturated carbocycles. The lowest BCUT2D eigenvalue weighted by Gasteiger charge is -1.94. The molecule has 0 aliphatic heterocycles. The van der Waals surface area contributed by atoms with Crippen LogP contribution in [0.1, 0.15) is 0 Å². The quantitative estimate of drug-likeness (QED) is 0.482. The van der Waals surface area contributed by atoms with E-state index in [9.17, 15) is 0 Å². The Morgan fingerprint density at radius 2 is 1.67 bits per heavy atom. The smallest absolute Gasteiger partial charge is 0.405 e. The van der Waals surface area contributed by atoms with Gasteiger partial charge in [-0.25, -0.2) is 0 Å². The maximum atomic E-state index is 4.66. The zero-order valence-corrected chi connectivity index (χ0v) is 5.93. The summed E-state index contributed by atoms with van der Waals surface area (Å²) in [6, 6.07) is 0. The van der Waals surface area contributed by atoms with Crippen LogP contribution in [0.2, 0.25) is 0 Å². The van der Waals surface area contributed by atoms with Gasteiger partial charge < -0.3 is 9.31 Å². The Labute approximate surface area is 51.2 Å². The Hall–Kier alpha value is 0.715. The van der Waals surface area contributed by atoms with Gasteiger partial charge in [0.25, 0.3) is 0 Å². The van der Waals surface area contributed by atoms with E-state index in [0.29, 0.717) is 0 Å². The summed E-state index contributed by atoms with van der Waals surface area (Å²) in [5.41, 5.74) is 0. The molecule has 0 aliphatic carbocycles. The van der Waals surface area contributed by atoms with Crippen LogP contribution in [-0.2, 0) is 9.31 Å². The number of rotatable bonds is 2. The van der Waals surface area contributed by atoms with Gasteiger partial charge in [0.1, 0.15) is 0 Å². The van der Waals surface area contributed by atoms with E-state index in [1.807, 2.05) is 22.4 Å². The van der Waals surface area contributed by atoms with Crippen molar-refractivity contribution in [2.45, 2.75) is 0 Å². The second kappa shape index (κ2) is 3.89. The second-order valence-electron chi connectivity index (χ2n) is 0.746. The molecule has 0 aliphatic rings. The highest BCUT2D eigenvalue weighted by molar-refractivity contribution is 14.1. The predicted molar refractivity (Wildman–Crippen MR) is 33.8 cm³/mol. The van der Waals surface area contributed by atoms with Gasteiger partial charge in [-0.1, -0.05) is 22.4 Å². The standard InChI is InChI=1S/C2H6BIO2/c1-5-3(4)6-2/h1-2H3. The van der Waals surface area contributed by atoms with Crippen molar-refractivity contribution in [1.82, 2.24) is 0 Å². The zero-order valence-electron chi connectivity index (χ0n) is 3.77. The topological polar surface area (TPSA) is 18.5 Å². The Morgan fingerprint density at radius 3 is 1.67 bits per heavy atom. The van der Waals surface area contributed by atoms with Crippen LogP contribution in [0.5, 0.6) is 0 Å². The van der Waals surface area contributed by atoms with E-state index in [2.05, 4.69) is 9.31 Å². The van der Waals surface area contributed by atoms with Crippen LogP contribution in [0.25, 0.3) is 0 Å². The molecule has 0 heterocycles. The van der Waals surface area contributed by atoms with Gasteiger partial charge >= 0.3 is 4.97 Å². The van der Waals surface area contributed by atoms with Crippen LogP contribution in [0.3, 0.4) is 0 Å². The third-order valence-corrected chi connectivity index (χ3v) is 1.39. The van der Waals surface area contributed by atoms with E-state index in [4.69, 9.17) is 0 Å². The molecular formula is C2H6BIO2. The minimum Gasteiger partial charge on any atom is -0.405 e. The van der Waals surface area contributed by atoms with Gasteiger partial charge in [0, 0.05) is 14.2 Å². The van der Waals surface area contributed by atoms with Crippen LogP contribution >= 0.6 is 22.4 Å². The van der Waals surface area contributed by atoms with Gasteiger partial charge in [0.15, 0.2) is 0 Å². The molecule has 4 heteroatoms. The molecule has 36 valence electrons. The highest BCUT2D eigenvalue weighted by atomic mass is 127. The van der Waals surface area contributed by atoms with Crippen LogP contribution < -0.4 is 0 Å². The molecule has 0 N–H and O–H groups in total. The van der Waals surface area contributed by atoms with Crippen molar-refractivity contribution in [2.24, 2.45) is 0 Å². The Kier molecular flexibility index (Phi) is 4.35. The normalized spacial score (nSPS) is 8.50. The highest BCUT2D eigenvalue weighted by Crippen LogP contribution is 1.92. The number of halogens is 1. The molecule has 2 nitrogen and oxygen atoms in total. The van der Waals surface area contributed by atoms with Gasteiger partial charge in [-0.3, -0.25) is 0 Å². The molecule has 0 fully saturated rings. The molecule has 0 amide bonds. The molecule has 0 saturated heterocycles. The fourth-order valence-corrected chi connectivity index (χ4v) is 0.0962. The lowest BCUT2D eigenvalue weighted by molar-refractivity contribution is 0.305. The highest BCUT2D eigenvalue weighted by Gasteiger charge is 2.04. The average molecular weight is 200 g/mol. The van der Waals surface area contributed by atoms with Crippen molar-refractivity contribution >= 4 is 27.3 Å². The van der Waals surface area contributed by atoms with E-state index >= 15 is 0 Å². The Balaban J connectivity index is 2.75. The molecule has 0 atom stereocenters. The zero-order chi connectivity index (χ0) is 4.99. The van der Waals surface area contributed by atoms with Crippen molar-refractivity contribution in [1.29, 1.82) is 0 Å². The molecule has 0 rings (SSSR count). The average Bonchev–Trinajstić information content (AvgIpc) is 1.65. The van der Waals surface area contributed by atoms with Gasteiger partial charge in [-0.15, -0.1) is 0 Å². The van der Waals surface area contributed by atoms with E-state index in [-0.39, 0.29) is 4.97 Å². The molecule has 6 heavy (non-hydrogen) atoms. The van der Waals surface area contributed by atoms with Crippen molar-refractivity contribution in [3.8, 4) is 0 Å². The first-order chi connectivity index (χ1) is 2.81. The molecule has 0 aromatic heterocycles. The minimum atomic E-state index is -0.0948. The largest absolute Gasteiger partial charge is 0.531 e. The lowest BCUT2D eigenvalue weighted by atomic mass is 10.4. The third kappa shape index (κ3) is 2.93. The molecule has 0 unspecified atom stereocenters. The van der Waals surface area contributed by atoms with Crippen molar-refractivity contribution < 1.29 is 9.31 Å². The Bertz CT molecular complexity index is 30.7. The van der Waals surface area contributed by atoms with Gasteiger partial charge in [-0.05, 0) is 0 Å². The van der Waals surface area contributed by atoms with E-state index in [1.165, 1.54) is 0 Å². The molecular weight excluding hydrogens is 194 g/mol. The lowest BCUT2D eigenvalue weighted by Crippen LogP contribution is -2.07. The van der Waals surface area contributed by atoms with Crippen molar-refractivity contribution in [3.63, 3.8) is 0 Å².